The van der Waals surface area contributed by atoms with Crippen molar-refractivity contribution in [2.24, 2.45) is 11.8 Å². The van der Waals surface area contributed by atoms with Gasteiger partial charge in [0.05, 0.1) is 16.6 Å². The second-order valence-corrected chi connectivity index (χ2v) is 13.5. The molecule has 3 unspecified atom stereocenters. The topological polar surface area (TPSA) is 167 Å². The van der Waals surface area contributed by atoms with Crippen LogP contribution in [0.25, 0.3) is 10.9 Å². The average molecular weight is 684 g/mol. The van der Waals surface area contributed by atoms with Gasteiger partial charge < -0.3 is 25.7 Å². The highest BCUT2D eigenvalue weighted by Crippen LogP contribution is 2.38. The summed E-state index contributed by atoms with van der Waals surface area (Å²) in [5.74, 6) is -0.537. The lowest BCUT2D eigenvalue weighted by atomic mass is 9.78. The third kappa shape index (κ3) is 7.87. The van der Waals surface area contributed by atoms with Crippen molar-refractivity contribution in [2.75, 3.05) is 0 Å². The summed E-state index contributed by atoms with van der Waals surface area (Å²) in [4.78, 5) is 45.0. The molecule has 4 atom stereocenters. The van der Waals surface area contributed by atoms with E-state index in [0.29, 0.717) is 40.6 Å². The monoisotopic (exact) mass is 682 g/mol. The zero-order valence-electron chi connectivity index (χ0n) is 26.8. The van der Waals surface area contributed by atoms with Crippen molar-refractivity contribution >= 4 is 52.0 Å². The van der Waals surface area contributed by atoms with Gasteiger partial charge in [0.2, 0.25) is 11.8 Å². The van der Waals surface area contributed by atoms with E-state index in [1.807, 2.05) is 64.1 Å². The van der Waals surface area contributed by atoms with Gasteiger partial charge in [0, 0.05) is 22.5 Å². The summed E-state index contributed by atoms with van der Waals surface area (Å²) >= 11 is 12.9. The Morgan fingerprint density at radius 2 is 1.85 bits per heavy atom. The minimum atomic E-state index is -1.39. The molecule has 2 aromatic heterocycles. The first-order chi connectivity index (χ1) is 22.5. The summed E-state index contributed by atoms with van der Waals surface area (Å²) in [7, 11) is 0. The Balaban J connectivity index is 1.46. The molecule has 2 heterocycles. The highest BCUT2D eigenvalue weighted by Gasteiger charge is 2.46. The van der Waals surface area contributed by atoms with Gasteiger partial charge in [-0.15, -0.1) is 5.10 Å². The van der Waals surface area contributed by atoms with Crippen LogP contribution < -0.4 is 16.0 Å². The number of aromatic nitrogens is 5. The summed E-state index contributed by atoms with van der Waals surface area (Å²) in [6, 6.07) is 11.2. The summed E-state index contributed by atoms with van der Waals surface area (Å²) in [6.07, 6.45) is 1.31. The number of carbonyl (C=O) groups is 3. The molecule has 0 fully saturated rings. The summed E-state index contributed by atoms with van der Waals surface area (Å²) in [6.45, 7) is 7.92. The molecular weight excluding hydrogens is 643 g/mol. The predicted molar refractivity (Wildman–Crippen MR) is 179 cm³/mol. The van der Waals surface area contributed by atoms with Gasteiger partial charge in [-0.05, 0) is 64.8 Å². The smallest absolute Gasteiger partial charge is 0.408 e. The molecule has 2 aromatic carbocycles. The number of hydrogen-bond donors (Lipinski definition) is 5. The first kappa shape index (κ1) is 34.2. The Kier molecular flexibility index (Phi) is 10.7. The van der Waals surface area contributed by atoms with Crippen molar-refractivity contribution in [2.45, 2.75) is 84.0 Å². The molecule has 0 bridgehead atoms. The molecule has 14 heteroatoms. The van der Waals surface area contributed by atoms with E-state index in [1.165, 1.54) is 0 Å². The fraction of sp³-hybridized carbons (Fsp3) is 0.455. The molecule has 0 radical (unpaired) electrons. The SMILES string of the molecule is CCC(C)[C@H](NC(=O)OCc1ccccc1)C(=O)NC1(C(=O)NC(CC(C)C)c2nnn[nH]2)CCc2[nH]c3c(Cl)cc(Cl)cc3c2C1. The quantitative estimate of drug-likeness (QED) is 0.130. The van der Waals surface area contributed by atoms with E-state index in [9.17, 15) is 14.4 Å². The fourth-order valence-corrected chi connectivity index (χ4v) is 6.60. The van der Waals surface area contributed by atoms with Gasteiger partial charge in [-0.2, -0.15) is 0 Å². The largest absolute Gasteiger partial charge is 0.445 e. The lowest BCUT2D eigenvalue weighted by Gasteiger charge is -2.39. The van der Waals surface area contributed by atoms with Crippen LogP contribution in [0, 0.1) is 11.8 Å². The number of aromatic amines is 2. The van der Waals surface area contributed by atoms with Gasteiger partial charge in [0.25, 0.3) is 0 Å². The van der Waals surface area contributed by atoms with Crippen molar-refractivity contribution in [1.82, 2.24) is 41.6 Å². The van der Waals surface area contributed by atoms with Crippen molar-refractivity contribution in [3.05, 3.63) is 75.2 Å². The lowest BCUT2D eigenvalue weighted by molar-refractivity contribution is -0.136. The summed E-state index contributed by atoms with van der Waals surface area (Å²) < 4.78 is 5.44. The Hall–Kier alpha value is -4.16. The number of tetrazole rings is 1. The predicted octanol–water partition coefficient (Wildman–Crippen LogP) is 5.58. The third-order valence-corrected chi connectivity index (χ3v) is 9.30. The molecule has 5 N–H and O–H groups in total. The number of alkyl carbamates (subject to hydrolysis) is 1. The first-order valence-electron chi connectivity index (χ1n) is 15.8. The van der Waals surface area contributed by atoms with Crippen LogP contribution >= 0.6 is 23.2 Å². The molecular formula is C33H40Cl2N8O4. The number of rotatable bonds is 12. The van der Waals surface area contributed by atoms with Crippen molar-refractivity contribution < 1.29 is 19.1 Å². The molecule has 0 aliphatic heterocycles. The third-order valence-electron chi connectivity index (χ3n) is 8.78. The highest BCUT2D eigenvalue weighted by atomic mass is 35.5. The number of fused-ring (bicyclic) bond motifs is 3. The molecule has 1 aliphatic rings. The lowest BCUT2D eigenvalue weighted by Crippen LogP contribution is -2.65. The molecule has 3 amide bonds. The van der Waals surface area contributed by atoms with Gasteiger partial charge in [0.15, 0.2) is 5.82 Å². The summed E-state index contributed by atoms with van der Waals surface area (Å²) in [5.41, 5.74) is 1.90. The number of halogens is 2. The average Bonchev–Trinajstić information content (AvgIpc) is 3.71. The van der Waals surface area contributed by atoms with Gasteiger partial charge >= 0.3 is 6.09 Å². The van der Waals surface area contributed by atoms with Crippen LogP contribution in [0.3, 0.4) is 0 Å². The standard InChI is InChI=1S/C33H40Cl2N8O4/c1-5-19(4)27(38-32(46)47-17-20-9-7-6-8-10-20)30(44)39-33(31(45)37-26(13-18(2)3)29-40-42-43-41-29)12-11-25-23(16-33)22-14-21(34)15-24(35)28(22)36-25/h6-10,14-15,18-19,26-27,36H,5,11-13,16-17H2,1-4H3,(H,37,45)(H,38,46)(H,39,44)(H,40,41,42,43)/t19?,26?,27-,33?/m0/s1. The van der Waals surface area contributed by atoms with Crippen molar-refractivity contribution in [1.29, 1.82) is 0 Å². The van der Waals surface area contributed by atoms with Gasteiger partial charge in [0.1, 0.15) is 18.2 Å². The number of aryl methyl sites for hydroxylation is 1. The second kappa shape index (κ2) is 14.7. The summed E-state index contributed by atoms with van der Waals surface area (Å²) in [5, 5.41) is 24.9. The van der Waals surface area contributed by atoms with Gasteiger partial charge in [-0.25, -0.2) is 9.89 Å². The molecule has 47 heavy (non-hydrogen) atoms. The van der Waals surface area contributed by atoms with Crippen molar-refractivity contribution in [3.8, 4) is 0 Å². The van der Waals surface area contributed by atoms with E-state index in [4.69, 9.17) is 27.9 Å². The van der Waals surface area contributed by atoms with Crippen molar-refractivity contribution in [3.63, 3.8) is 0 Å². The molecule has 0 spiro atoms. The normalized spacial score (nSPS) is 17.9. The van der Waals surface area contributed by atoms with Crippen LogP contribution in [0.5, 0.6) is 0 Å². The minimum absolute atomic E-state index is 0.0516. The number of ether oxygens (including phenoxy) is 1. The second-order valence-electron chi connectivity index (χ2n) is 12.7. The van der Waals surface area contributed by atoms with Gasteiger partial charge in [-0.3, -0.25) is 9.59 Å². The molecule has 4 aromatic rings. The maximum absolute atomic E-state index is 14.5. The van der Waals surface area contributed by atoms with E-state index in [-0.39, 0.29) is 31.3 Å². The van der Waals surface area contributed by atoms with Gasteiger partial charge in [-0.1, -0.05) is 87.6 Å². The number of nitrogens with one attached hydrogen (secondary N) is 5. The molecule has 250 valence electrons. The van der Waals surface area contributed by atoms with E-state index in [0.717, 1.165) is 22.2 Å². The number of hydrogen-bond acceptors (Lipinski definition) is 7. The molecule has 1 aliphatic carbocycles. The van der Waals surface area contributed by atoms with Crippen LogP contribution in [-0.2, 0) is 33.8 Å². The zero-order valence-corrected chi connectivity index (χ0v) is 28.3. The Labute approximate surface area is 283 Å². The maximum atomic E-state index is 14.5. The number of nitrogens with zero attached hydrogens (tertiary/aromatic N) is 3. The first-order valence-corrected chi connectivity index (χ1v) is 16.6. The molecule has 0 saturated carbocycles. The Morgan fingerprint density at radius 1 is 1.09 bits per heavy atom. The maximum Gasteiger partial charge on any atom is 0.408 e. The van der Waals surface area contributed by atoms with E-state index in [1.54, 1.807) is 6.07 Å². The fourth-order valence-electron chi connectivity index (χ4n) is 6.06. The highest BCUT2D eigenvalue weighted by molar-refractivity contribution is 6.38. The van der Waals surface area contributed by atoms with Crippen LogP contribution in [-0.4, -0.2) is 55.1 Å². The molecule has 12 nitrogen and oxygen atoms in total. The number of benzene rings is 2. The van der Waals surface area contributed by atoms with Crippen LogP contribution in [0.15, 0.2) is 42.5 Å². The minimum Gasteiger partial charge on any atom is -0.445 e. The van der Waals surface area contributed by atoms with Crippen LogP contribution in [0.2, 0.25) is 10.0 Å². The van der Waals surface area contributed by atoms with E-state index >= 15 is 0 Å². The van der Waals surface area contributed by atoms with E-state index < -0.39 is 35.5 Å². The zero-order chi connectivity index (χ0) is 33.7. The molecule has 0 saturated heterocycles. The number of carbonyl (C=O) groups excluding carboxylic acids is 3. The molecule has 5 rings (SSSR count). The van der Waals surface area contributed by atoms with Crippen LogP contribution in [0.4, 0.5) is 4.79 Å². The van der Waals surface area contributed by atoms with Crippen LogP contribution in [0.1, 0.15) is 75.6 Å². The Bertz CT molecular complexity index is 1710. The number of amides is 3. The van der Waals surface area contributed by atoms with E-state index in [2.05, 4.69) is 41.6 Å². The Morgan fingerprint density at radius 3 is 2.53 bits per heavy atom. The number of H-pyrrole nitrogens is 2.